The number of hydrogen-bond acceptors (Lipinski definition) is 8. The third kappa shape index (κ3) is 5.89. The molecule has 3 heterocycles. The van der Waals surface area contributed by atoms with E-state index in [1.807, 2.05) is 7.05 Å². The lowest BCUT2D eigenvalue weighted by Gasteiger charge is -2.33. The molecule has 162 valence electrons. The van der Waals surface area contributed by atoms with Gasteiger partial charge in [0, 0.05) is 24.4 Å². The van der Waals surface area contributed by atoms with Gasteiger partial charge < -0.3 is 20.3 Å². The maximum Gasteiger partial charge on any atom is 0.407 e. The highest BCUT2D eigenvalue weighted by Gasteiger charge is 2.36. The number of amides is 2. The van der Waals surface area contributed by atoms with Gasteiger partial charge >= 0.3 is 6.09 Å². The summed E-state index contributed by atoms with van der Waals surface area (Å²) in [7, 11) is -1.29. The molecule has 2 N–H and O–H groups in total. The lowest BCUT2D eigenvalue weighted by Crippen LogP contribution is -2.58. The van der Waals surface area contributed by atoms with Crippen molar-refractivity contribution >= 4 is 33.2 Å². The van der Waals surface area contributed by atoms with Gasteiger partial charge in [-0.3, -0.25) is 4.79 Å². The molecular weight excluding hydrogens is 416 g/mol. The van der Waals surface area contributed by atoms with Crippen LogP contribution in [0.5, 0.6) is 0 Å². The summed E-state index contributed by atoms with van der Waals surface area (Å²) in [5, 5.41) is 5.81. The summed E-state index contributed by atoms with van der Waals surface area (Å²) in [5.41, 5.74) is 0.259. The highest BCUT2D eigenvalue weighted by molar-refractivity contribution is 7.91. The van der Waals surface area contributed by atoms with Crippen molar-refractivity contribution in [2.45, 2.75) is 57.8 Å². The van der Waals surface area contributed by atoms with Crippen molar-refractivity contribution in [3.63, 3.8) is 0 Å². The van der Waals surface area contributed by atoms with Crippen LogP contribution >= 0.6 is 11.3 Å². The van der Waals surface area contributed by atoms with Crippen LogP contribution in [0.4, 0.5) is 4.79 Å². The third-order valence-electron chi connectivity index (χ3n) is 4.79. The van der Waals surface area contributed by atoms with Gasteiger partial charge in [0.25, 0.3) is 5.91 Å². The van der Waals surface area contributed by atoms with Crippen LogP contribution in [-0.4, -0.2) is 73.1 Å². The molecule has 2 atom stereocenters. The second kappa shape index (κ2) is 8.19. The molecule has 1 fully saturated rings. The first kappa shape index (κ1) is 22.0. The van der Waals surface area contributed by atoms with E-state index in [0.717, 1.165) is 30.1 Å². The largest absolute Gasteiger partial charge is 0.444 e. The number of fused-ring (bicyclic) bond motifs is 1. The fraction of sp³-hybridized carbons (Fsp3) is 0.722. The molecule has 2 aliphatic heterocycles. The van der Waals surface area contributed by atoms with E-state index in [2.05, 4.69) is 20.5 Å². The topological polar surface area (TPSA) is 118 Å². The monoisotopic (exact) mass is 444 g/mol. The Morgan fingerprint density at radius 3 is 2.66 bits per heavy atom. The zero-order valence-electron chi connectivity index (χ0n) is 17.1. The molecule has 1 saturated heterocycles. The number of rotatable bonds is 3. The quantitative estimate of drug-likeness (QED) is 0.712. The van der Waals surface area contributed by atoms with Crippen molar-refractivity contribution in [3.05, 3.63) is 15.6 Å². The standard InChI is InChI=1S/C18H28N4O5S2/c1-18(2,3)27-17(24)21-11-6-8-29(25,26)10-13(11)19-15(23)16-20-12-5-7-22(4)9-14(12)28-16/h11,13H,5-10H2,1-4H3,(H,19,23)(H,21,24)/t11-,13-/m1/s1. The Balaban J connectivity index is 1.71. The van der Waals surface area contributed by atoms with Gasteiger partial charge in [0.15, 0.2) is 14.8 Å². The van der Waals surface area contributed by atoms with Gasteiger partial charge in [0.05, 0.1) is 29.3 Å². The van der Waals surface area contributed by atoms with Gasteiger partial charge in [-0.1, -0.05) is 0 Å². The molecule has 0 aromatic carbocycles. The molecule has 2 aliphatic rings. The van der Waals surface area contributed by atoms with Crippen LogP contribution in [0, 0.1) is 0 Å². The number of carbonyl (C=O) groups excluding carboxylic acids is 2. The number of thiazole rings is 1. The van der Waals surface area contributed by atoms with Crippen molar-refractivity contribution in [1.82, 2.24) is 20.5 Å². The highest BCUT2D eigenvalue weighted by atomic mass is 32.2. The molecule has 0 spiro atoms. The number of alkyl carbamates (subject to hydrolysis) is 1. The lowest BCUT2D eigenvalue weighted by molar-refractivity contribution is 0.0488. The Hall–Kier alpha value is -1.72. The number of carbonyl (C=O) groups is 2. The van der Waals surface area contributed by atoms with Crippen LogP contribution in [0.3, 0.4) is 0 Å². The van der Waals surface area contributed by atoms with Crippen LogP contribution in [0.15, 0.2) is 0 Å². The van der Waals surface area contributed by atoms with Gasteiger partial charge in [-0.25, -0.2) is 18.2 Å². The summed E-state index contributed by atoms with van der Waals surface area (Å²) in [6, 6.07) is -1.27. The Labute approximate surface area is 175 Å². The second-order valence-electron chi connectivity index (χ2n) is 8.61. The average Bonchev–Trinajstić information content (AvgIpc) is 2.98. The smallest absolute Gasteiger partial charge is 0.407 e. The minimum absolute atomic E-state index is 0.0439. The van der Waals surface area contributed by atoms with Gasteiger partial charge in [-0.2, -0.15) is 0 Å². The number of hydrogen-bond donors (Lipinski definition) is 2. The maximum absolute atomic E-state index is 12.8. The normalized spacial score (nSPS) is 24.4. The Morgan fingerprint density at radius 1 is 1.24 bits per heavy atom. The van der Waals surface area contributed by atoms with E-state index in [9.17, 15) is 18.0 Å². The summed E-state index contributed by atoms with van der Waals surface area (Å²) in [4.78, 5) is 32.6. The van der Waals surface area contributed by atoms with E-state index in [4.69, 9.17) is 4.74 Å². The fourth-order valence-corrected chi connectivity index (χ4v) is 6.14. The molecule has 0 unspecified atom stereocenters. The van der Waals surface area contributed by atoms with Crippen molar-refractivity contribution < 1.29 is 22.7 Å². The minimum Gasteiger partial charge on any atom is -0.444 e. The number of sulfone groups is 1. The molecule has 2 amide bonds. The Bertz CT molecular complexity index is 891. The Morgan fingerprint density at radius 2 is 1.97 bits per heavy atom. The van der Waals surface area contributed by atoms with Gasteiger partial charge in [-0.05, 0) is 34.2 Å². The molecule has 0 bridgehead atoms. The summed E-state index contributed by atoms with van der Waals surface area (Å²) in [6.45, 7) is 6.89. The number of nitrogens with one attached hydrogen (secondary N) is 2. The molecular formula is C18H28N4O5S2. The summed E-state index contributed by atoms with van der Waals surface area (Å²) in [6.07, 6.45) is 0.371. The first-order chi connectivity index (χ1) is 13.4. The van der Waals surface area contributed by atoms with E-state index in [0.29, 0.717) is 5.01 Å². The molecule has 3 rings (SSSR count). The van der Waals surface area contributed by atoms with Crippen LogP contribution in [-0.2, 0) is 27.5 Å². The zero-order valence-corrected chi connectivity index (χ0v) is 18.8. The van der Waals surface area contributed by atoms with E-state index < -0.39 is 39.5 Å². The maximum atomic E-state index is 12.8. The highest BCUT2D eigenvalue weighted by Crippen LogP contribution is 2.25. The van der Waals surface area contributed by atoms with Crippen molar-refractivity contribution in [2.24, 2.45) is 0 Å². The first-order valence-corrected chi connectivity index (χ1v) is 12.2. The lowest BCUT2D eigenvalue weighted by atomic mass is 10.1. The third-order valence-corrected chi connectivity index (χ3v) is 7.60. The molecule has 1 aromatic rings. The SMILES string of the molecule is CN1CCc2nc(C(=O)N[C@@H]3CS(=O)(=O)CC[C@H]3NC(=O)OC(C)(C)C)sc2C1. The van der Waals surface area contributed by atoms with Crippen LogP contribution in [0.2, 0.25) is 0 Å². The molecule has 0 radical (unpaired) electrons. The van der Waals surface area contributed by atoms with Crippen molar-refractivity contribution in [1.29, 1.82) is 0 Å². The van der Waals surface area contributed by atoms with Gasteiger partial charge in [-0.15, -0.1) is 11.3 Å². The molecule has 9 nitrogen and oxygen atoms in total. The van der Waals surface area contributed by atoms with Crippen LogP contribution < -0.4 is 10.6 Å². The summed E-state index contributed by atoms with van der Waals surface area (Å²) in [5.74, 6) is -0.685. The van der Waals surface area contributed by atoms with Gasteiger partial charge in [0.2, 0.25) is 0 Å². The predicted octanol–water partition coefficient (Wildman–Crippen LogP) is 0.941. The fourth-order valence-electron chi connectivity index (χ4n) is 3.41. The molecule has 11 heteroatoms. The molecule has 0 aliphatic carbocycles. The van der Waals surface area contributed by atoms with Gasteiger partial charge in [0.1, 0.15) is 5.60 Å². The number of ether oxygens (including phenoxy) is 1. The molecule has 0 saturated carbocycles. The summed E-state index contributed by atoms with van der Waals surface area (Å²) < 4.78 is 29.5. The molecule has 29 heavy (non-hydrogen) atoms. The predicted molar refractivity (Wildman–Crippen MR) is 110 cm³/mol. The Kier molecular flexibility index (Phi) is 6.21. The second-order valence-corrected chi connectivity index (χ2v) is 11.9. The van der Waals surface area contributed by atoms with Crippen molar-refractivity contribution in [3.8, 4) is 0 Å². The zero-order chi connectivity index (χ0) is 21.4. The van der Waals surface area contributed by atoms with Crippen LogP contribution in [0.25, 0.3) is 0 Å². The van der Waals surface area contributed by atoms with Crippen LogP contribution in [0.1, 0.15) is 47.6 Å². The average molecular weight is 445 g/mol. The van der Waals surface area contributed by atoms with E-state index in [-0.39, 0.29) is 17.9 Å². The van der Waals surface area contributed by atoms with E-state index >= 15 is 0 Å². The minimum atomic E-state index is -3.30. The van der Waals surface area contributed by atoms with E-state index in [1.54, 1.807) is 20.8 Å². The number of nitrogens with zero attached hydrogens (tertiary/aromatic N) is 2. The first-order valence-electron chi connectivity index (χ1n) is 9.60. The van der Waals surface area contributed by atoms with E-state index in [1.165, 1.54) is 11.3 Å². The number of aromatic nitrogens is 1. The number of likely N-dealkylation sites (N-methyl/N-ethyl adjacent to an activating group) is 1. The molecule has 1 aromatic heterocycles. The van der Waals surface area contributed by atoms with Crippen molar-refractivity contribution in [2.75, 3.05) is 25.1 Å². The summed E-state index contributed by atoms with van der Waals surface area (Å²) >= 11 is 1.33.